The highest BCUT2D eigenvalue weighted by molar-refractivity contribution is 7.90. The monoisotopic (exact) mass is 598 g/mol. The van der Waals surface area contributed by atoms with E-state index in [1.54, 1.807) is 31.2 Å². The molecule has 0 spiro atoms. The number of carbonyl (C=O) groups is 3. The summed E-state index contributed by atoms with van der Waals surface area (Å²) in [6.45, 7) is 8.97. The number of anilines is 1. The maximum absolute atomic E-state index is 14.2. The predicted molar refractivity (Wildman–Crippen MR) is 158 cm³/mol. The molecule has 3 amide bonds. The molecule has 12 heteroatoms. The molecule has 1 N–H and O–H groups in total. The average molecular weight is 599 g/mol. The molecule has 1 fully saturated rings. The molecule has 226 valence electrons. The summed E-state index contributed by atoms with van der Waals surface area (Å²) in [6.07, 6.45) is 3.32. The van der Waals surface area contributed by atoms with Crippen molar-refractivity contribution < 1.29 is 32.3 Å². The topological polar surface area (TPSA) is 135 Å². The summed E-state index contributed by atoms with van der Waals surface area (Å²) in [4.78, 5) is 45.9. The van der Waals surface area contributed by atoms with Crippen LogP contribution in [0.1, 0.15) is 65.4 Å². The Balaban J connectivity index is 1.80. The number of benzene rings is 2. The second kappa shape index (κ2) is 12.5. The lowest BCUT2D eigenvalue weighted by Crippen LogP contribution is -2.59. The van der Waals surface area contributed by atoms with E-state index >= 15 is 0 Å². The summed E-state index contributed by atoms with van der Waals surface area (Å²) >= 11 is 0. The van der Waals surface area contributed by atoms with Crippen LogP contribution >= 0.6 is 0 Å². The zero-order chi connectivity index (χ0) is 30.7. The van der Waals surface area contributed by atoms with Gasteiger partial charge in [0.1, 0.15) is 10.6 Å². The maximum atomic E-state index is 14.2. The molecule has 2 aliphatic rings. The van der Waals surface area contributed by atoms with Gasteiger partial charge in [0.15, 0.2) is 17.5 Å². The Labute approximate surface area is 246 Å². The molecule has 2 aromatic carbocycles. The first-order valence-electron chi connectivity index (χ1n) is 14.2. The molecule has 1 atom stereocenters. The number of nitrogens with one attached hydrogen (secondary N) is 1. The van der Waals surface area contributed by atoms with E-state index in [-0.39, 0.29) is 23.0 Å². The molecule has 0 aliphatic carbocycles. The van der Waals surface area contributed by atoms with E-state index in [2.05, 4.69) is 17.2 Å². The molecular weight excluding hydrogens is 560 g/mol. The van der Waals surface area contributed by atoms with Crippen molar-refractivity contribution in [2.45, 2.75) is 83.3 Å². The molecule has 0 radical (unpaired) electrons. The van der Waals surface area contributed by atoms with Gasteiger partial charge in [-0.1, -0.05) is 51.3 Å². The number of aryl methyl sites for hydroxylation is 1. The first-order valence-corrected chi connectivity index (χ1v) is 15.7. The summed E-state index contributed by atoms with van der Waals surface area (Å²) < 4.78 is 39.8. The Bertz CT molecular complexity index is 1500. The standard InChI is InChI=1S/C30H38N4O7S/c1-6-8-9-12-18-40-23-16-15-20(3)19-22(23)32-27(35)25(34-28(36)30(4,5)41-29(34)37)26-31-21-13-10-11-14-24(21)42(38,39)33(26)17-7-2/h10-11,13-16,19,25H,6-9,12,17-18H2,1-5H3,(H,32,35). The van der Waals surface area contributed by atoms with Gasteiger partial charge in [-0.15, -0.1) is 0 Å². The number of nitrogens with zero attached hydrogens (tertiary/aromatic N) is 3. The molecule has 42 heavy (non-hydrogen) atoms. The molecule has 2 aromatic rings. The van der Waals surface area contributed by atoms with Gasteiger partial charge in [0.2, 0.25) is 0 Å². The number of carbonyl (C=O) groups excluding carboxylic acids is 3. The fourth-order valence-electron chi connectivity index (χ4n) is 4.86. The first kappa shape index (κ1) is 31.0. The molecule has 0 aromatic heterocycles. The van der Waals surface area contributed by atoms with Gasteiger partial charge in [-0.25, -0.2) is 23.1 Å². The van der Waals surface area contributed by atoms with Gasteiger partial charge < -0.3 is 14.8 Å². The highest BCUT2D eigenvalue weighted by Crippen LogP contribution is 2.36. The Morgan fingerprint density at radius 3 is 2.48 bits per heavy atom. The molecular formula is C30H38N4O7S. The van der Waals surface area contributed by atoms with Crippen molar-refractivity contribution in [1.29, 1.82) is 0 Å². The van der Waals surface area contributed by atoms with Crippen molar-refractivity contribution in [2.75, 3.05) is 18.5 Å². The number of imide groups is 1. The highest BCUT2D eigenvalue weighted by Gasteiger charge is 2.55. The van der Waals surface area contributed by atoms with E-state index in [4.69, 9.17) is 9.47 Å². The van der Waals surface area contributed by atoms with Crippen LogP contribution in [0.4, 0.5) is 16.2 Å². The smallest absolute Gasteiger partial charge is 0.418 e. The van der Waals surface area contributed by atoms with Crippen LogP contribution in [0, 0.1) is 6.92 Å². The van der Waals surface area contributed by atoms with E-state index in [9.17, 15) is 22.8 Å². The van der Waals surface area contributed by atoms with Gasteiger partial charge in [-0.2, -0.15) is 0 Å². The van der Waals surface area contributed by atoms with Crippen LogP contribution in [0.5, 0.6) is 5.75 Å². The molecule has 0 bridgehead atoms. The predicted octanol–water partition coefficient (Wildman–Crippen LogP) is 5.16. The van der Waals surface area contributed by atoms with Crippen molar-refractivity contribution in [1.82, 2.24) is 9.21 Å². The summed E-state index contributed by atoms with van der Waals surface area (Å²) in [5, 5.41) is 2.79. The largest absolute Gasteiger partial charge is 0.491 e. The summed E-state index contributed by atoms with van der Waals surface area (Å²) in [6, 6.07) is 9.67. The number of amides is 3. The van der Waals surface area contributed by atoms with Crippen molar-refractivity contribution in [3.63, 3.8) is 0 Å². The van der Waals surface area contributed by atoms with E-state index in [1.165, 1.54) is 26.0 Å². The zero-order valence-corrected chi connectivity index (χ0v) is 25.5. The Morgan fingerprint density at radius 1 is 1.07 bits per heavy atom. The number of amidine groups is 1. The minimum absolute atomic E-state index is 0.0314. The number of fused-ring (bicyclic) bond motifs is 1. The average Bonchev–Trinajstić information content (AvgIpc) is 3.13. The number of hydrogen-bond donors (Lipinski definition) is 1. The molecule has 11 nitrogen and oxygen atoms in total. The van der Waals surface area contributed by atoms with E-state index in [0.29, 0.717) is 29.4 Å². The van der Waals surface area contributed by atoms with Gasteiger partial charge in [0.25, 0.3) is 21.8 Å². The van der Waals surface area contributed by atoms with E-state index < -0.39 is 39.6 Å². The Hall–Kier alpha value is -3.93. The van der Waals surface area contributed by atoms with Crippen LogP contribution < -0.4 is 10.1 Å². The van der Waals surface area contributed by atoms with Gasteiger partial charge in [0, 0.05) is 6.54 Å². The molecule has 4 rings (SSSR count). The van der Waals surface area contributed by atoms with Crippen LogP contribution in [0.2, 0.25) is 0 Å². The quantitative estimate of drug-likeness (QED) is 0.333. The molecule has 2 aliphatic heterocycles. The summed E-state index contributed by atoms with van der Waals surface area (Å²) in [5.74, 6) is -1.49. The van der Waals surface area contributed by atoms with Crippen molar-refractivity contribution >= 4 is 45.1 Å². The van der Waals surface area contributed by atoms with Gasteiger partial charge in [-0.3, -0.25) is 13.9 Å². The van der Waals surface area contributed by atoms with Crippen LogP contribution in [0.25, 0.3) is 0 Å². The molecule has 1 saturated heterocycles. The van der Waals surface area contributed by atoms with Crippen LogP contribution in [0.3, 0.4) is 0 Å². The number of cyclic esters (lactones) is 1. The number of para-hydroxylation sites is 1. The Kier molecular flexibility index (Phi) is 9.24. The third-order valence-electron chi connectivity index (χ3n) is 7.02. The molecule has 1 unspecified atom stereocenters. The van der Waals surface area contributed by atoms with Crippen LogP contribution in [0.15, 0.2) is 52.4 Å². The maximum Gasteiger partial charge on any atom is 0.418 e. The normalized spacial score (nSPS) is 17.8. The second-order valence-electron chi connectivity index (χ2n) is 10.9. The number of sulfonamides is 1. The van der Waals surface area contributed by atoms with E-state index in [0.717, 1.165) is 35.6 Å². The number of rotatable bonds is 12. The van der Waals surface area contributed by atoms with Crippen LogP contribution in [-0.4, -0.2) is 66.2 Å². The van der Waals surface area contributed by atoms with Gasteiger partial charge in [-0.05, 0) is 63.4 Å². The van der Waals surface area contributed by atoms with Crippen molar-refractivity contribution in [3.8, 4) is 5.75 Å². The molecule has 2 heterocycles. The molecule has 0 saturated carbocycles. The third-order valence-corrected chi connectivity index (χ3v) is 8.87. The lowest BCUT2D eigenvalue weighted by molar-refractivity contribution is -0.137. The number of ether oxygens (including phenoxy) is 2. The van der Waals surface area contributed by atoms with Crippen LogP contribution in [-0.2, 0) is 24.3 Å². The fraction of sp³-hybridized carbons (Fsp3) is 0.467. The lowest BCUT2D eigenvalue weighted by Gasteiger charge is -2.35. The second-order valence-corrected chi connectivity index (χ2v) is 12.7. The van der Waals surface area contributed by atoms with Crippen molar-refractivity contribution in [3.05, 3.63) is 48.0 Å². The highest BCUT2D eigenvalue weighted by atomic mass is 32.2. The lowest BCUT2D eigenvalue weighted by atomic mass is 10.1. The number of aliphatic imine (C=N–C) groups is 1. The number of hydrogen-bond acceptors (Lipinski definition) is 8. The number of unbranched alkanes of at least 4 members (excludes halogenated alkanes) is 3. The first-order chi connectivity index (χ1) is 19.9. The fourth-order valence-corrected chi connectivity index (χ4v) is 6.54. The SMILES string of the molecule is CCCCCCOc1ccc(C)cc1NC(=O)C(C1=Nc2ccccc2S(=O)(=O)N1CCC)N1C(=O)OC(C)(C)C1=O. The van der Waals surface area contributed by atoms with Gasteiger partial charge in [0.05, 0.1) is 18.0 Å². The van der Waals surface area contributed by atoms with Gasteiger partial charge >= 0.3 is 6.09 Å². The third kappa shape index (κ3) is 6.13. The van der Waals surface area contributed by atoms with Crippen molar-refractivity contribution in [2.24, 2.45) is 4.99 Å². The summed E-state index contributed by atoms with van der Waals surface area (Å²) in [7, 11) is -4.17. The zero-order valence-electron chi connectivity index (χ0n) is 24.7. The minimum atomic E-state index is -4.17. The Morgan fingerprint density at radius 2 is 1.81 bits per heavy atom. The summed E-state index contributed by atoms with van der Waals surface area (Å²) in [5.41, 5.74) is -0.310. The van der Waals surface area contributed by atoms with E-state index in [1.807, 2.05) is 13.0 Å². The minimum Gasteiger partial charge on any atom is -0.491 e.